The van der Waals surface area contributed by atoms with Crippen LogP contribution in [0.1, 0.15) is 11.7 Å². The molecule has 0 unspecified atom stereocenters. The van der Waals surface area contributed by atoms with Gasteiger partial charge in [-0.2, -0.15) is 10.5 Å². The Labute approximate surface area is 112 Å². The molecule has 1 saturated heterocycles. The summed E-state index contributed by atoms with van der Waals surface area (Å²) in [4.78, 5) is 0. The Morgan fingerprint density at radius 3 is 2.47 bits per heavy atom. The molecule has 1 fully saturated rings. The second-order valence-electron chi connectivity index (χ2n) is 4.42. The lowest BCUT2D eigenvalue weighted by molar-refractivity contribution is 0.0863. The highest BCUT2D eigenvalue weighted by Gasteiger charge is 2.52. The number of nitrogens with zero attached hydrogens (tertiary/aromatic N) is 2. The van der Waals surface area contributed by atoms with Crippen LogP contribution in [0.2, 0.25) is 0 Å². The van der Waals surface area contributed by atoms with E-state index in [2.05, 4.69) is 18.7 Å². The number of methoxy groups -OCH3 is 1. The van der Waals surface area contributed by atoms with Crippen LogP contribution in [0, 0.1) is 34.0 Å². The van der Waals surface area contributed by atoms with E-state index in [9.17, 15) is 10.5 Å². The summed E-state index contributed by atoms with van der Waals surface area (Å²) < 4.78 is 10.7. The fourth-order valence-electron chi connectivity index (χ4n) is 2.36. The topological polar surface area (TPSA) is 66.0 Å². The van der Waals surface area contributed by atoms with Gasteiger partial charge in [0.2, 0.25) is 0 Å². The van der Waals surface area contributed by atoms with E-state index in [0.717, 1.165) is 11.3 Å². The minimum absolute atomic E-state index is 0.283. The van der Waals surface area contributed by atoms with Crippen LogP contribution in [0.4, 0.5) is 0 Å². The summed E-state index contributed by atoms with van der Waals surface area (Å²) in [5.41, 5.74) is -0.413. The van der Waals surface area contributed by atoms with Crippen molar-refractivity contribution in [3.63, 3.8) is 0 Å². The van der Waals surface area contributed by atoms with Crippen molar-refractivity contribution in [3.05, 3.63) is 42.5 Å². The Morgan fingerprint density at radius 2 is 2.00 bits per heavy atom. The lowest BCUT2D eigenvalue weighted by Gasteiger charge is -2.23. The SMILES string of the molecule is C=C[C@H]1CO[C@H](c2ccc(OC)cc2)C1(C#N)C#N. The van der Waals surface area contributed by atoms with Gasteiger partial charge in [0, 0.05) is 5.92 Å². The highest BCUT2D eigenvalue weighted by atomic mass is 16.5. The number of nitriles is 2. The quantitative estimate of drug-likeness (QED) is 0.777. The summed E-state index contributed by atoms with van der Waals surface area (Å²) in [5.74, 6) is 0.441. The molecule has 0 aromatic heterocycles. The van der Waals surface area contributed by atoms with E-state index in [1.54, 1.807) is 25.3 Å². The fraction of sp³-hybridized carbons (Fsp3) is 0.333. The molecular formula is C15H14N2O2. The molecule has 96 valence electrons. The minimum Gasteiger partial charge on any atom is -0.497 e. The second kappa shape index (κ2) is 5.14. The van der Waals surface area contributed by atoms with Crippen LogP contribution >= 0.6 is 0 Å². The molecule has 1 aromatic rings. The molecule has 2 rings (SSSR count). The average Bonchev–Trinajstić information content (AvgIpc) is 2.86. The molecule has 0 bridgehead atoms. The second-order valence-corrected chi connectivity index (χ2v) is 4.42. The van der Waals surface area contributed by atoms with Crippen LogP contribution in [0.3, 0.4) is 0 Å². The molecule has 0 radical (unpaired) electrons. The van der Waals surface area contributed by atoms with E-state index in [1.165, 1.54) is 0 Å². The van der Waals surface area contributed by atoms with Crippen LogP contribution in [0.25, 0.3) is 0 Å². The highest BCUT2D eigenvalue weighted by molar-refractivity contribution is 5.36. The Hall–Kier alpha value is -2.30. The number of ether oxygens (including phenoxy) is 2. The summed E-state index contributed by atoms with van der Waals surface area (Å²) in [5, 5.41) is 18.9. The number of hydrogen-bond acceptors (Lipinski definition) is 4. The van der Waals surface area contributed by atoms with Crippen molar-refractivity contribution in [1.29, 1.82) is 10.5 Å². The van der Waals surface area contributed by atoms with Gasteiger partial charge < -0.3 is 9.47 Å². The highest BCUT2D eigenvalue weighted by Crippen LogP contribution is 2.48. The first kappa shape index (κ1) is 13.1. The largest absolute Gasteiger partial charge is 0.497 e. The Balaban J connectivity index is 2.41. The predicted octanol–water partition coefficient (Wildman–Crippen LogP) is 2.60. The lowest BCUT2D eigenvalue weighted by Crippen LogP contribution is -2.27. The summed E-state index contributed by atoms with van der Waals surface area (Å²) >= 11 is 0. The molecule has 0 saturated carbocycles. The van der Waals surface area contributed by atoms with Gasteiger partial charge in [-0.25, -0.2) is 0 Å². The van der Waals surface area contributed by atoms with Crippen molar-refractivity contribution in [2.45, 2.75) is 6.10 Å². The van der Waals surface area contributed by atoms with Gasteiger partial charge in [-0.1, -0.05) is 18.2 Å². The van der Waals surface area contributed by atoms with Crippen molar-refractivity contribution in [3.8, 4) is 17.9 Å². The van der Waals surface area contributed by atoms with Crippen molar-refractivity contribution < 1.29 is 9.47 Å². The number of benzene rings is 1. The third-order valence-electron chi connectivity index (χ3n) is 3.51. The Morgan fingerprint density at radius 1 is 1.37 bits per heavy atom. The van der Waals surface area contributed by atoms with Crippen molar-refractivity contribution in [2.24, 2.45) is 11.3 Å². The molecule has 2 atom stereocenters. The van der Waals surface area contributed by atoms with Gasteiger partial charge in [0.25, 0.3) is 0 Å². The minimum atomic E-state index is -1.21. The van der Waals surface area contributed by atoms with Gasteiger partial charge in [0.1, 0.15) is 11.9 Å². The zero-order valence-electron chi connectivity index (χ0n) is 10.7. The maximum Gasteiger partial charge on any atom is 0.182 e. The van der Waals surface area contributed by atoms with E-state index in [4.69, 9.17) is 9.47 Å². The monoisotopic (exact) mass is 254 g/mol. The molecule has 4 nitrogen and oxygen atoms in total. The first-order chi connectivity index (χ1) is 9.21. The van der Waals surface area contributed by atoms with Crippen molar-refractivity contribution in [2.75, 3.05) is 13.7 Å². The number of rotatable bonds is 3. The first-order valence-electron chi connectivity index (χ1n) is 5.92. The fourth-order valence-corrected chi connectivity index (χ4v) is 2.36. The van der Waals surface area contributed by atoms with Crippen LogP contribution in [-0.2, 0) is 4.74 Å². The molecular weight excluding hydrogens is 240 g/mol. The number of hydrogen-bond donors (Lipinski definition) is 0. The molecule has 0 aliphatic carbocycles. The Bertz CT molecular complexity index is 537. The molecule has 4 heteroatoms. The van der Waals surface area contributed by atoms with E-state index >= 15 is 0 Å². The predicted molar refractivity (Wildman–Crippen MR) is 69.0 cm³/mol. The summed E-state index contributed by atoms with van der Waals surface area (Å²) in [6.07, 6.45) is 1.06. The molecule has 0 amide bonds. The van der Waals surface area contributed by atoms with Crippen molar-refractivity contribution in [1.82, 2.24) is 0 Å². The average molecular weight is 254 g/mol. The zero-order chi connectivity index (χ0) is 13.9. The van der Waals surface area contributed by atoms with Crippen LogP contribution < -0.4 is 4.74 Å². The molecule has 0 N–H and O–H groups in total. The molecule has 1 aliphatic rings. The molecule has 1 aliphatic heterocycles. The van der Waals surface area contributed by atoms with Crippen LogP contribution in [-0.4, -0.2) is 13.7 Å². The van der Waals surface area contributed by atoms with Crippen molar-refractivity contribution >= 4 is 0 Å². The van der Waals surface area contributed by atoms with E-state index in [-0.39, 0.29) is 5.92 Å². The third kappa shape index (κ3) is 1.97. The maximum atomic E-state index is 9.43. The summed E-state index contributed by atoms with van der Waals surface area (Å²) in [7, 11) is 1.59. The van der Waals surface area contributed by atoms with E-state index in [1.807, 2.05) is 12.1 Å². The van der Waals surface area contributed by atoms with Gasteiger partial charge in [-0.05, 0) is 17.7 Å². The van der Waals surface area contributed by atoms with E-state index < -0.39 is 11.5 Å². The standard InChI is InChI=1S/C15H14N2O2/c1-3-12-8-19-14(15(12,9-16)10-17)11-4-6-13(18-2)7-5-11/h3-7,12,14H,1,8H2,2H3/t12-,14+/m0/s1. The van der Waals surface area contributed by atoms with Gasteiger partial charge in [0.15, 0.2) is 5.41 Å². The molecule has 1 heterocycles. The zero-order valence-corrected chi connectivity index (χ0v) is 10.7. The smallest absolute Gasteiger partial charge is 0.182 e. The normalized spacial score (nSPS) is 24.2. The van der Waals surface area contributed by atoms with Gasteiger partial charge >= 0.3 is 0 Å². The van der Waals surface area contributed by atoms with E-state index in [0.29, 0.717) is 6.61 Å². The summed E-state index contributed by atoms with van der Waals surface area (Å²) in [6, 6.07) is 11.5. The van der Waals surface area contributed by atoms with Gasteiger partial charge in [-0.3, -0.25) is 0 Å². The third-order valence-corrected chi connectivity index (χ3v) is 3.51. The van der Waals surface area contributed by atoms with Gasteiger partial charge in [-0.15, -0.1) is 6.58 Å². The maximum absolute atomic E-state index is 9.43. The first-order valence-corrected chi connectivity index (χ1v) is 5.92. The van der Waals surface area contributed by atoms with Crippen LogP contribution in [0.15, 0.2) is 36.9 Å². The van der Waals surface area contributed by atoms with Gasteiger partial charge in [0.05, 0.1) is 25.9 Å². The summed E-state index contributed by atoms with van der Waals surface area (Å²) in [6.45, 7) is 4.02. The molecule has 1 aromatic carbocycles. The Kier molecular flexibility index (Phi) is 3.55. The molecule has 0 spiro atoms. The molecule has 19 heavy (non-hydrogen) atoms. The van der Waals surface area contributed by atoms with Crippen LogP contribution in [0.5, 0.6) is 5.75 Å². The lowest BCUT2D eigenvalue weighted by atomic mass is 9.74.